The van der Waals surface area contributed by atoms with Crippen molar-refractivity contribution in [3.8, 4) is 0 Å². The molecule has 0 heterocycles. The molecule has 1 aliphatic carbocycles. The average Bonchev–Trinajstić information content (AvgIpc) is 2.78. The van der Waals surface area contributed by atoms with Gasteiger partial charge in [0.05, 0.1) is 12.3 Å². The minimum absolute atomic E-state index is 0.128. The summed E-state index contributed by atoms with van der Waals surface area (Å²) in [6.07, 6.45) is 16.5. The van der Waals surface area contributed by atoms with Crippen LogP contribution in [0.3, 0.4) is 0 Å². The van der Waals surface area contributed by atoms with E-state index >= 15 is 0 Å². The predicted octanol–water partition coefficient (Wildman–Crippen LogP) is 5.54. The van der Waals surface area contributed by atoms with Crippen LogP contribution in [0, 0.1) is 17.8 Å². The monoisotopic (exact) mass is 468 g/mol. The zero-order chi connectivity index (χ0) is 24.5. The minimum Gasteiger partial charge on any atom is -0.248 e. The van der Waals surface area contributed by atoms with Crippen LogP contribution in [0.5, 0.6) is 0 Å². The Labute approximate surface area is 197 Å². The molecule has 0 saturated heterocycles. The molecule has 0 bridgehead atoms. The number of carbonyl (C=O) groups excluding carboxylic acids is 4. The van der Waals surface area contributed by atoms with Gasteiger partial charge in [-0.05, 0) is 37.5 Å². The van der Waals surface area contributed by atoms with Crippen molar-refractivity contribution in [1.82, 2.24) is 0 Å². The summed E-state index contributed by atoms with van der Waals surface area (Å²) in [4.78, 5) is 63.2. The second kappa shape index (κ2) is 17.1. The summed E-state index contributed by atoms with van der Waals surface area (Å²) in [5.41, 5.74) is 0. The molecule has 3 atom stereocenters. The van der Waals surface area contributed by atoms with Crippen LogP contribution in [0.2, 0.25) is 0 Å². The Balaban J connectivity index is 2.29. The van der Waals surface area contributed by atoms with Gasteiger partial charge in [-0.1, -0.05) is 70.4 Å². The van der Waals surface area contributed by atoms with Crippen molar-refractivity contribution in [2.24, 2.45) is 17.8 Å². The van der Waals surface area contributed by atoms with Gasteiger partial charge in [0, 0.05) is 13.8 Å². The molecule has 0 spiro atoms. The van der Waals surface area contributed by atoms with E-state index in [-0.39, 0.29) is 18.3 Å². The van der Waals surface area contributed by atoms with Gasteiger partial charge in [0.2, 0.25) is 0 Å². The summed E-state index contributed by atoms with van der Waals surface area (Å²) in [6, 6.07) is 0. The van der Waals surface area contributed by atoms with Gasteiger partial charge in [0.15, 0.2) is 0 Å². The van der Waals surface area contributed by atoms with Crippen LogP contribution in [0.1, 0.15) is 104 Å². The number of rotatable bonds is 14. The maximum absolute atomic E-state index is 12.5. The highest BCUT2D eigenvalue weighted by molar-refractivity contribution is 5.74. The van der Waals surface area contributed by atoms with E-state index in [0.29, 0.717) is 12.3 Å². The van der Waals surface area contributed by atoms with E-state index in [9.17, 15) is 19.2 Å². The summed E-state index contributed by atoms with van der Waals surface area (Å²) in [5, 5.41) is 0. The second-order valence-electron chi connectivity index (χ2n) is 8.81. The van der Waals surface area contributed by atoms with Crippen LogP contribution in [-0.4, -0.2) is 23.9 Å². The maximum atomic E-state index is 12.5. The lowest BCUT2D eigenvalue weighted by Gasteiger charge is -2.29. The Hall–Kier alpha value is -2.38. The summed E-state index contributed by atoms with van der Waals surface area (Å²) >= 11 is 0. The lowest BCUT2D eigenvalue weighted by atomic mass is 9.75. The molecule has 188 valence electrons. The molecular formula is C25H40O8. The average molecular weight is 469 g/mol. The molecule has 0 aromatic rings. The third-order valence-electron chi connectivity index (χ3n) is 5.85. The van der Waals surface area contributed by atoms with E-state index in [2.05, 4.69) is 33.7 Å². The van der Waals surface area contributed by atoms with Crippen molar-refractivity contribution in [2.45, 2.75) is 104 Å². The van der Waals surface area contributed by atoms with Crippen molar-refractivity contribution < 1.29 is 38.7 Å². The predicted molar refractivity (Wildman–Crippen MR) is 121 cm³/mol. The molecule has 1 aliphatic rings. The normalized spacial score (nSPS) is 19.5. The fraction of sp³-hybridized carbons (Fsp3) is 0.760. The van der Waals surface area contributed by atoms with E-state index in [1.807, 2.05) is 0 Å². The van der Waals surface area contributed by atoms with Gasteiger partial charge in [-0.25, -0.2) is 38.7 Å². The molecule has 33 heavy (non-hydrogen) atoms. The summed E-state index contributed by atoms with van der Waals surface area (Å²) in [5.74, 6) is -2.08. The molecule has 0 aliphatic heterocycles. The molecule has 0 aromatic heterocycles. The van der Waals surface area contributed by atoms with Crippen LogP contribution in [0.15, 0.2) is 12.2 Å². The van der Waals surface area contributed by atoms with Crippen LogP contribution in [0.4, 0.5) is 0 Å². The van der Waals surface area contributed by atoms with E-state index < -0.39 is 23.9 Å². The Kier molecular flexibility index (Phi) is 14.9. The molecule has 0 N–H and O–H groups in total. The van der Waals surface area contributed by atoms with Gasteiger partial charge in [0.25, 0.3) is 0 Å². The van der Waals surface area contributed by atoms with Crippen LogP contribution < -0.4 is 0 Å². The highest BCUT2D eigenvalue weighted by Crippen LogP contribution is 2.35. The van der Waals surface area contributed by atoms with Gasteiger partial charge in [-0.15, -0.1) is 0 Å². The van der Waals surface area contributed by atoms with Crippen molar-refractivity contribution in [2.75, 3.05) is 0 Å². The fourth-order valence-corrected chi connectivity index (χ4v) is 4.12. The van der Waals surface area contributed by atoms with Crippen LogP contribution in [-0.2, 0) is 38.7 Å². The van der Waals surface area contributed by atoms with Gasteiger partial charge < -0.3 is 0 Å². The highest BCUT2D eigenvalue weighted by atomic mass is 17.2. The molecular weight excluding hydrogens is 428 g/mol. The number of allylic oxidation sites excluding steroid dienone is 2. The zero-order valence-electron chi connectivity index (χ0n) is 20.3. The first-order valence-electron chi connectivity index (χ1n) is 12.3. The molecule has 0 aromatic carbocycles. The Morgan fingerprint density at radius 3 is 2.00 bits per heavy atom. The highest BCUT2D eigenvalue weighted by Gasteiger charge is 2.34. The number of carbonyl (C=O) groups is 4. The number of hydrogen-bond acceptors (Lipinski definition) is 8. The third kappa shape index (κ3) is 13.7. The Morgan fingerprint density at radius 2 is 1.33 bits per heavy atom. The van der Waals surface area contributed by atoms with Gasteiger partial charge >= 0.3 is 23.9 Å². The van der Waals surface area contributed by atoms with Crippen LogP contribution in [0.25, 0.3) is 0 Å². The maximum Gasteiger partial charge on any atom is 0.359 e. The first-order valence-corrected chi connectivity index (χ1v) is 12.3. The van der Waals surface area contributed by atoms with E-state index in [0.717, 1.165) is 70.6 Å². The van der Waals surface area contributed by atoms with Crippen molar-refractivity contribution >= 4 is 23.9 Å². The molecule has 0 fully saturated rings. The lowest BCUT2D eigenvalue weighted by molar-refractivity contribution is -0.261. The van der Waals surface area contributed by atoms with Gasteiger partial charge in [0.1, 0.15) is 0 Å². The van der Waals surface area contributed by atoms with Crippen LogP contribution >= 0.6 is 0 Å². The third-order valence-corrected chi connectivity index (χ3v) is 5.85. The van der Waals surface area contributed by atoms with Gasteiger partial charge in [-0.3, -0.25) is 0 Å². The lowest BCUT2D eigenvalue weighted by Crippen LogP contribution is -2.30. The summed E-state index contributed by atoms with van der Waals surface area (Å²) in [6.45, 7) is 4.54. The molecule has 8 heteroatoms. The quantitative estimate of drug-likeness (QED) is 0.142. The molecule has 8 nitrogen and oxygen atoms in total. The molecule has 0 amide bonds. The largest absolute Gasteiger partial charge is 0.359 e. The van der Waals surface area contributed by atoms with Crippen molar-refractivity contribution in [3.05, 3.63) is 12.2 Å². The Bertz CT molecular complexity index is 642. The topological polar surface area (TPSA) is 105 Å². The van der Waals surface area contributed by atoms with Crippen molar-refractivity contribution in [3.63, 3.8) is 0 Å². The molecule has 1 rings (SSSR count). The first kappa shape index (κ1) is 28.7. The molecule has 3 unspecified atom stereocenters. The summed E-state index contributed by atoms with van der Waals surface area (Å²) < 4.78 is 0. The summed E-state index contributed by atoms with van der Waals surface area (Å²) in [7, 11) is 0. The fourth-order valence-electron chi connectivity index (χ4n) is 4.12. The molecule has 0 radical (unpaired) electrons. The zero-order valence-corrected chi connectivity index (χ0v) is 20.3. The smallest absolute Gasteiger partial charge is 0.248 e. The van der Waals surface area contributed by atoms with Gasteiger partial charge in [-0.2, -0.15) is 0 Å². The van der Waals surface area contributed by atoms with E-state index in [1.54, 1.807) is 0 Å². The SMILES string of the molecule is CCCCCC1C=CC(CCCCCCCCC(=O)OOC(C)=O)CC1C(=O)OOC(C)=O. The minimum atomic E-state index is -0.643. The number of hydrogen-bond donors (Lipinski definition) is 0. The number of unbranched alkanes of at least 4 members (excludes halogenated alkanes) is 7. The van der Waals surface area contributed by atoms with E-state index in [1.165, 1.54) is 13.8 Å². The standard InChI is InChI=1S/C25H40O8/c1-4-5-10-14-22-17-16-21(18-23(22)25(29)33-31-20(3)27)13-11-8-6-7-9-12-15-24(28)32-30-19(2)26/h16-17,21-23H,4-15,18H2,1-3H3. The first-order chi connectivity index (χ1) is 15.8. The second-order valence-corrected chi connectivity index (χ2v) is 8.81. The molecule has 0 saturated carbocycles. The van der Waals surface area contributed by atoms with E-state index in [4.69, 9.17) is 4.89 Å². The Morgan fingerprint density at radius 1 is 0.727 bits per heavy atom. The van der Waals surface area contributed by atoms with Crippen molar-refractivity contribution in [1.29, 1.82) is 0 Å².